The average Bonchev–Trinajstić information content (AvgIpc) is 2.71. The predicted octanol–water partition coefficient (Wildman–Crippen LogP) is 6.49. The molecule has 0 aliphatic heterocycles. The van der Waals surface area contributed by atoms with Crippen LogP contribution in [-0.2, 0) is 6.61 Å². The van der Waals surface area contributed by atoms with Gasteiger partial charge in [-0.25, -0.2) is 0 Å². The smallest absolute Gasteiger partial charge is 0.255 e. The van der Waals surface area contributed by atoms with E-state index in [2.05, 4.69) is 5.32 Å². The van der Waals surface area contributed by atoms with Gasteiger partial charge in [0.2, 0.25) is 0 Å². The Labute approximate surface area is 177 Å². The maximum Gasteiger partial charge on any atom is 0.255 e. The molecule has 0 fully saturated rings. The lowest BCUT2D eigenvalue weighted by Gasteiger charge is -2.13. The van der Waals surface area contributed by atoms with E-state index in [9.17, 15) is 4.79 Å². The lowest BCUT2D eigenvalue weighted by molar-refractivity contribution is 0.102. The molecule has 4 nitrogen and oxygen atoms in total. The number of amides is 1. The molecule has 1 amide bonds. The van der Waals surface area contributed by atoms with Gasteiger partial charge in [-0.15, -0.1) is 0 Å². The summed E-state index contributed by atoms with van der Waals surface area (Å²) in [6.07, 6.45) is 0. The van der Waals surface area contributed by atoms with Crippen molar-refractivity contribution >= 4 is 46.4 Å². The van der Waals surface area contributed by atoms with E-state index in [0.29, 0.717) is 39.4 Å². The van der Waals surface area contributed by atoms with Crippen molar-refractivity contribution < 1.29 is 14.3 Å². The standard InChI is InChI=1S/C21H16Cl3NO3/c1-27-19-11-14(21(26)25-17-4-2-3-16(23)20(17)24)7-10-18(19)28-12-13-5-8-15(22)9-6-13/h2-11H,12H2,1H3,(H,25,26). The van der Waals surface area contributed by atoms with E-state index < -0.39 is 0 Å². The van der Waals surface area contributed by atoms with Gasteiger partial charge in [0, 0.05) is 10.6 Å². The molecule has 0 spiro atoms. The van der Waals surface area contributed by atoms with Crippen molar-refractivity contribution in [2.24, 2.45) is 0 Å². The zero-order chi connectivity index (χ0) is 20.1. The quantitative estimate of drug-likeness (QED) is 0.480. The highest BCUT2D eigenvalue weighted by Gasteiger charge is 2.14. The highest BCUT2D eigenvalue weighted by atomic mass is 35.5. The number of nitrogens with one attached hydrogen (secondary N) is 1. The van der Waals surface area contributed by atoms with Crippen molar-refractivity contribution in [1.29, 1.82) is 0 Å². The largest absolute Gasteiger partial charge is 0.493 e. The van der Waals surface area contributed by atoms with Crippen LogP contribution in [0.15, 0.2) is 60.7 Å². The maximum atomic E-state index is 12.5. The lowest BCUT2D eigenvalue weighted by atomic mass is 10.1. The molecule has 7 heteroatoms. The minimum atomic E-state index is -0.341. The number of carbonyl (C=O) groups excluding carboxylic acids is 1. The van der Waals surface area contributed by atoms with E-state index >= 15 is 0 Å². The van der Waals surface area contributed by atoms with Gasteiger partial charge < -0.3 is 14.8 Å². The molecule has 3 aromatic carbocycles. The molecule has 0 bridgehead atoms. The second kappa shape index (κ2) is 9.20. The third-order valence-corrected chi connectivity index (χ3v) is 5.00. The normalized spacial score (nSPS) is 10.4. The number of ether oxygens (including phenoxy) is 2. The fourth-order valence-corrected chi connectivity index (χ4v) is 2.94. The van der Waals surface area contributed by atoms with Crippen molar-refractivity contribution in [3.8, 4) is 11.5 Å². The molecule has 0 saturated carbocycles. The molecule has 0 unspecified atom stereocenters. The number of hydrogen-bond acceptors (Lipinski definition) is 3. The number of halogens is 3. The molecule has 0 aromatic heterocycles. The number of benzene rings is 3. The summed E-state index contributed by atoms with van der Waals surface area (Å²) >= 11 is 18.0. The summed E-state index contributed by atoms with van der Waals surface area (Å²) in [6, 6.07) is 17.3. The van der Waals surface area contributed by atoms with E-state index in [0.717, 1.165) is 5.56 Å². The van der Waals surface area contributed by atoms with Crippen LogP contribution >= 0.6 is 34.8 Å². The van der Waals surface area contributed by atoms with Crippen molar-refractivity contribution in [3.63, 3.8) is 0 Å². The van der Waals surface area contributed by atoms with Gasteiger partial charge in [0.1, 0.15) is 6.61 Å². The summed E-state index contributed by atoms with van der Waals surface area (Å²) in [5.41, 5.74) is 1.79. The molecule has 3 aromatic rings. The highest BCUT2D eigenvalue weighted by Crippen LogP contribution is 2.32. The highest BCUT2D eigenvalue weighted by molar-refractivity contribution is 6.44. The van der Waals surface area contributed by atoms with Gasteiger partial charge in [-0.05, 0) is 48.0 Å². The fourth-order valence-electron chi connectivity index (χ4n) is 2.46. The monoisotopic (exact) mass is 435 g/mol. The summed E-state index contributed by atoms with van der Waals surface area (Å²) in [5.74, 6) is 0.625. The molecule has 0 radical (unpaired) electrons. The Bertz CT molecular complexity index is 991. The first kappa shape index (κ1) is 20.3. The van der Waals surface area contributed by atoms with Crippen LogP contribution in [0.2, 0.25) is 15.1 Å². The van der Waals surface area contributed by atoms with Gasteiger partial charge in [0.15, 0.2) is 11.5 Å². The molecule has 0 saturated heterocycles. The molecular formula is C21H16Cl3NO3. The zero-order valence-corrected chi connectivity index (χ0v) is 17.1. The van der Waals surface area contributed by atoms with Gasteiger partial charge in [0.25, 0.3) is 5.91 Å². The first-order valence-electron chi connectivity index (χ1n) is 8.28. The summed E-state index contributed by atoms with van der Waals surface area (Å²) in [7, 11) is 1.51. The lowest BCUT2D eigenvalue weighted by Crippen LogP contribution is -2.12. The summed E-state index contributed by atoms with van der Waals surface area (Å²) < 4.78 is 11.2. The topological polar surface area (TPSA) is 47.6 Å². The predicted molar refractivity (Wildman–Crippen MR) is 113 cm³/mol. The Kier molecular flexibility index (Phi) is 6.68. The van der Waals surface area contributed by atoms with Crippen LogP contribution in [0.3, 0.4) is 0 Å². The third kappa shape index (κ3) is 4.90. The van der Waals surface area contributed by atoms with E-state index in [1.54, 1.807) is 48.5 Å². The SMILES string of the molecule is COc1cc(C(=O)Nc2cccc(Cl)c2Cl)ccc1OCc1ccc(Cl)cc1. The second-order valence-corrected chi connectivity index (χ2v) is 7.06. The number of carbonyl (C=O) groups is 1. The Balaban J connectivity index is 1.73. The zero-order valence-electron chi connectivity index (χ0n) is 14.8. The van der Waals surface area contributed by atoms with Gasteiger partial charge in [-0.1, -0.05) is 53.0 Å². The van der Waals surface area contributed by atoms with Crippen LogP contribution in [0.25, 0.3) is 0 Å². The summed E-state index contributed by atoms with van der Waals surface area (Å²) in [6.45, 7) is 0.344. The fraction of sp³-hybridized carbons (Fsp3) is 0.0952. The van der Waals surface area contributed by atoms with Gasteiger partial charge in [-0.3, -0.25) is 4.79 Å². The van der Waals surface area contributed by atoms with Gasteiger partial charge in [-0.2, -0.15) is 0 Å². The first-order chi connectivity index (χ1) is 13.5. The van der Waals surface area contributed by atoms with Crippen LogP contribution in [0.4, 0.5) is 5.69 Å². The Hall–Kier alpha value is -2.40. The molecule has 0 aliphatic carbocycles. The molecule has 28 heavy (non-hydrogen) atoms. The Morgan fingerprint density at radius 2 is 1.71 bits per heavy atom. The van der Waals surface area contributed by atoms with E-state index in [4.69, 9.17) is 44.3 Å². The third-order valence-electron chi connectivity index (χ3n) is 3.93. The van der Waals surface area contributed by atoms with Gasteiger partial charge >= 0.3 is 0 Å². The molecule has 1 N–H and O–H groups in total. The minimum absolute atomic E-state index is 0.285. The van der Waals surface area contributed by atoms with Crippen LogP contribution in [0.5, 0.6) is 11.5 Å². The van der Waals surface area contributed by atoms with Crippen LogP contribution in [0.1, 0.15) is 15.9 Å². The van der Waals surface area contributed by atoms with Gasteiger partial charge in [0.05, 0.1) is 22.8 Å². The van der Waals surface area contributed by atoms with E-state index in [1.165, 1.54) is 7.11 Å². The number of anilines is 1. The summed E-state index contributed by atoms with van der Waals surface area (Å²) in [5, 5.41) is 4.05. The average molecular weight is 437 g/mol. The van der Waals surface area contributed by atoms with E-state index in [1.807, 2.05) is 12.1 Å². The second-order valence-electron chi connectivity index (χ2n) is 5.84. The Morgan fingerprint density at radius 1 is 0.964 bits per heavy atom. The maximum absolute atomic E-state index is 12.5. The molecule has 0 aliphatic rings. The summed E-state index contributed by atoms with van der Waals surface area (Å²) in [4.78, 5) is 12.5. The first-order valence-corrected chi connectivity index (χ1v) is 9.42. The molecular weight excluding hydrogens is 421 g/mol. The van der Waals surface area contributed by atoms with Crippen LogP contribution < -0.4 is 14.8 Å². The molecule has 0 atom stereocenters. The van der Waals surface area contributed by atoms with Crippen molar-refractivity contribution in [2.45, 2.75) is 6.61 Å². The van der Waals surface area contributed by atoms with E-state index in [-0.39, 0.29) is 10.9 Å². The van der Waals surface area contributed by atoms with Crippen molar-refractivity contribution in [2.75, 3.05) is 12.4 Å². The van der Waals surface area contributed by atoms with Crippen molar-refractivity contribution in [1.82, 2.24) is 0 Å². The Morgan fingerprint density at radius 3 is 2.43 bits per heavy atom. The van der Waals surface area contributed by atoms with Crippen molar-refractivity contribution in [3.05, 3.63) is 86.9 Å². The number of methoxy groups -OCH3 is 1. The molecule has 144 valence electrons. The number of hydrogen-bond donors (Lipinski definition) is 1. The number of rotatable bonds is 6. The van der Waals surface area contributed by atoms with Crippen LogP contribution in [-0.4, -0.2) is 13.0 Å². The molecule has 0 heterocycles. The minimum Gasteiger partial charge on any atom is -0.493 e. The molecule has 3 rings (SSSR count). The van der Waals surface area contributed by atoms with Crippen LogP contribution in [0, 0.1) is 0 Å².